The predicted octanol–water partition coefficient (Wildman–Crippen LogP) is 3.51. The Balaban J connectivity index is 0.00000312. The van der Waals surface area contributed by atoms with Crippen molar-refractivity contribution in [2.24, 2.45) is 4.99 Å². The summed E-state index contributed by atoms with van der Waals surface area (Å²) in [6, 6.07) is 8.19. The number of guanidine groups is 1. The van der Waals surface area contributed by atoms with Crippen molar-refractivity contribution in [1.82, 2.24) is 10.6 Å². The van der Waals surface area contributed by atoms with Crippen molar-refractivity contribution in [2.75, 3.05) is 32.8 Å². The van der Waals surface area contributed by atoms with Gasteiger partial charge in [-0.3, -0.25) is 4.99 Å². The van der Waals surface area contributed by atoms with Crippen molar-refractivity contribution in [2.45, 2.75) is 45.6 Å². The van der Waals surface area contributed by atoms with Gasteiger partial charge in [0.15, 0.2) is 5.96 Å². The topological polar surface area (TPSA) is 54.9 Å². The maximum absolute atomic E-state index is 5.74. The molecule has 2 rings (SSSR count). The van der Waals surface area contributed by atoms with Crippen LogP contribution in [-0.4, -0.2) is 44.9 Å². The summed E-state index contributed by atoms with van der Waals surface area (Å²) in [5, 5.41) is 6.66. The number of aryl methyl sites for hydroxylation is 1. The Kier molecular flexibility index (Phi) is 11.6. The summed E-state index contributed by atoms with van der Waals surface area (Å²) in [5.41, 5.74) is 1.25. The number of hydrogen-bond acceptors (Lipinski definition) is 3. The lowest BCUT2D eigenvalue weighted by Crippen LogP contribution is -2.38. The second-order valence-electron chi connectivity index (χ2n) is 6.15. The molecule has 5 nitrogen and oxygen atoms in total. The van der Waals surface area contributed by atoms with Crippen LogP contribution in [0.2, 0.25) is 0 Å². The Morgan fingerprint density at radius 1 is 1.24 bits per heavy atom. The van der Waals surface area contributed by atoms with Crippen LogP contribution in [0.25, 0.3) is 0 Å². The first-order valence-electron chi connectivity index (χ1n) is 9.11. The minimum absolute atomic E-state index is 0. The molecule has 0 bridgehead atoms. The molecule has 1 saturated heterocycles. The average molecular weight is 461 g/mol. The van der Waals surface area contributed by atoms with E-state index in [1.165, 1.54) is 5.56 Å². The maximum Gasteiger partial charge on any atom is 0.191 e. The van der Waals surface area contributed by atoms with E-state index in [0.717, 1.165) is 70.2 Å². The highest BCUT2D eigenvalue weighted by atomic mass is 127. The molecule has 25 heavy (non-hydrogen) atoms. The van der Waals surface area contributed by atoms with E-state index in [-0.39, 0.29) is 24.0 Å². The van der Waals surface area contributed by atoms with E-state index in [9.17, 15) is 0 Å². The Morgan fingerprint density at radius 3 is 2.72 bits per heavy atom. The number of unbranched alkanes of at least 4 members (excludes halogenated alkanes) is 1. The lowest BCUT2D eigenvalue weighted by atomic mass is 10.2. The van der Waals surface area contributed by atoms with Crippen LogP contribution >= 0.6 is 24.0 Å². The van der Waals surface area contributed by atoms with Gasteiger partial charge in [0.05, 0.1) is 19.3 Å². The zero-order chi connectivity index (χ0) is 17.0. The fraction of sp³-hybridized carbons (Fsp3) is 0.632. The highest BCUT2D eigenvalue weighted by Gasteiger charge is 2.14. The molecule has 1 aliphatic rings. The highest BCUT2D eigenvalue weighted by Crippen LogP contribution is 2.12. The van der Waals surface area contributed by atoms with E-state index < -0.39 is 0 Å². The number of rotatable bonds is 9. The molecule has 6 heteroatoms. The summed E-state index contributed by atoms with van der Waals surface area (Å²) in [6.07, 6.45) is 4.65. The molecule has 0 saturated carbocycles. The van der Waals surface area contributed by atoms with Gasteiger partial charge in [-0.2, -0.15) is 0 Å². The molecular formula is C19H32IN3O2. The molecule has 1 aromatic carbocycles. The van der Waals surface area contributed by atoms with Crippen LogP contribution in [0.15, 0.2) is 29.3 Å². The third-order valence-corrected chi connectivity index (χ3v) is 3.97. The van der Waals surface area contributed by atoms with E-state index in [1.807, 2.05) is 12.1 Å². The molecule has 1 fully saturated rings. The Bertz CT molecular complexity index is 488. The fourth-order valence-corrected chi connectivity index (χ4v) is 2.58. The standard InChI is InChI=1S/C19H31N3O2.HI/c1-3-20-19(22-15-18-7-6-14-24-18)21-12-4-5-13-23-17-10-8-16(2)9-11-17;/h8-11,18H,3-7,12-15H2,1-2H3,(H2,20,21,22);1H. The third-order valence-electron chi connectivity index (χ3n) is 3.97. The molecular weight excluding hydrogens is 429 g/mol. The second kappa shape index (κ2) is 13.2. The van der Waals surface area contributed by atoms with E-state index in [0.29, 0.717) is 6.10 Å². The summed E-state index contributed by atoms with van der Waals surface area (Å²) in [5.74, 6) is 1.83. The molecule has 0 aliphatic carbocycles. The summed E-state index contributed by atoms with van der Waals surface area (Å²) in [7, 11) is 0. The molecule has 1 atom stereocenters. The molecule has 1 heterocycles. The van der Waals surface area contributed by atoms with Crippen LogP contribution in [0.3, 0.4) is 0 Å². The van der Waals surface area contributed by atoms with E-state index in [2.05, 4.69) is 41.6 Å². The van der Waals surface area contributed by atoms with Crippen molar-refractivity contribution < 1.29 is 9.47 Å². The number of ether oxygens (including phenoxy) is 2. The normalized spacial score (nSPS) is 17.0. The quantitative estimate of drug-likeness (QED) is 0.256. The zero-order valence-electron chi connectivity index (χ0n) is 15.4. The monoisotopic (exact) mass is 461 g/mol. The Morgan fingerprint density at radius 2 is 2.04 bits per heavy atom. The van der Waals surface area contributed by atoms with Crippen molar-refractivity contribution in [1.29, 1.82) is 0 Å². The van der Waals surface area contributed by atoms with Crippen molar-refractivity contribution in [3.63, 3.8) is 0 Å². The molecule has 0 spiro atoms. The number of nitrogens with zero attached hydrogens (tertiary/aromatic N) is 1. The lowest BCUT2D eigenvalue weighted by Gasteiger charge is -2.13. The fourth-order valence-electron chi connectivity index (χ4n) is 2.58. The number of nitrogens with one attached hydrogen (secondary N) is 2. The van der Waals surface area contributed by atoms with Gasteiger partial charge in [0.1, 0.15) is 5.75 Å². The highest BCUT2D eigenvalue weighted by molar-refractivity contribution is 14.0. The Labute approximate surface area is 169 Å². The van der Waals surface area contributed by atoms with Crippen LogP contribution in [-0.2, 0) is 4.74 Å². The molecule has 142 valence electrons. The Hall–Kier alpha value is -1.02. The first kappa shape index (κ1) is 22.0. The number of aliphatic imine (C=N–C) groups is 1. The van der Waals surface area contributed by atoms with E-state index >= 15 is 0 Å². The van der Waals surface area contributed by atoms with Crippen molar-refractivity contribution >= 4 is 29.9 Å². The molecule has 0 radical (unpaired) electrons. The van der Waals surface area contributed by atoms with E-state index in [1.54, 1.807) is 0 Å². The molecule has 1 aliphatic heterocycles. The average Bonchev–Trinajstić information content (AvgIpc) is 3.11. The third kappa shape index (κ3) is 9.30. The van der Waals surface area contributed by atoms with Gasteiger partial charge in [0.2, 0.25) is 0 Å². The number of benzene rings is 1. The molecule has 1 aromatic rings. The van der Waals surface area contributed by atoms with Gasteiger partial charge < -0.3 is 20.1 Å². The minimum atomic E-state index is 0. The van der Waals surface area contributed by atoms with Gasteiger partial charge >= 0.3 is 0 Å². The minimum Gasteiger partial charge on any atom is -0.494 e. The number of halogens is 1. The molecule has 2 N–H and O–H groups in total. The first-order valence-corrected chi connectivity index (χ1v) is 9.11. The van der Waals surface area contributed by atoms with Crippen molar-refractivity contribution in [3.05, 3.63) is 29.8 Å². The van der Waals surface area contributed by atoms with Crippen LogP contribution < -0.4 is 15.4 Å². The first-order chi connectivity index (χ1) is 11.8. The van der Waals surface area contributed by atoms with Crippen molar-refractivity contribution in [3.8, 4) is 5.75 Å². The van der Waals surface area contributed by atoms with Gasteiger partial charge in [-0.25, -0.2) is 0 Å². The second-order valence-corrected chi connectivity index (χ2v) is 6.15. The van der Waals surface area contributed by atoms with Gasteiger partial charge in [-0.1, -0.05) is 17.7 Å². The van der Waals surface area contributed by atoms with Gasteiger partial charge in [-0.15, -0.1) is 24.0 Å². The summed E-state index contributed by atoms with van der Waals surface area (Å²) < 4.78 is 11.3. The molecule has 1 unspecified atom stereocenters. The largest absolute Gasteiger partial charge is 0.494 e. The van der Waals surface area contributed by atoms with Crippen LogP contribution in [0, 0.1) is 6.92 Å². The zero-order valence-corrected chi connectivity index (χ0v) is 17.8. The lowest BCUT2D eigenvalue weighted by molar-refractivity contribution is 0.117. The summed E-state index contributed by atoms with van der Waals surface area (Å²) >= 11 is 0. The smallest absolute Gasteiger partial charge is 0.191 e. The van der Waals surface area contributed by atoms with Gasteiger partial charge in [0, 0.05) is 19.7 Å². The van der Waals surface area contributed by atoms with Gasteiger partial charge in [-0.05, 0) is 51.7 Å². The SMILES string of the molecule is CCNC(=NCC1CCCO1)NCCCCOc1ccc(C)cc1.I. The molecule has 0 aromatic heterocycles. The molecule has 0 amide bonds. The van der Waals surface area contributed by atoms with E-state index in [4.69, 9.17) is 9.47 Å². The van der Waals surface area contributed by atoms with Crippen LogP contribution in [0.5, 0.6) is 5.75 Å². The summed E-state index contributed by atoms with van der Waals surface area (Å²) in [4.78, 5) is 4.61. The maximum atomic E-state index is 5.74. The van der Waals surface area contributed by atoms with Crippen LogP contribution in [0.4, 0.5) is 0 Å². The summed E-state index contributed by atoms with van der Waals surface area (Å²) in [6.45, 7) is 8.30. The number of hydrogen-bond donors (Lipinski definition) is 2. The van der Waals surface area contributed by atoms with Gasteiger partial charge in [0.25, 0.3) is 0 Å². The predicted molar refractivity (Wildman–Crippen MR) is 114 cm³/mol. The van der Waals surface area contributed by atoms with Crippen LogP contribution in [0.1, 0.15) is 38.2 Å².